The number of nitrogens with zero attached hydrogens (tertiary/aromatic N) is 3. The maximum Gasteiger partial charge on any atom is 0.223 e. The van der Waals surface area contributed by atoms with Crippen LogP contribution in [0.4, 0.5) is 0 Å². The summed E-state index contributed by atoms with van der Waals surface area (Å²) in [5.41, 5.74) is 0. The van der Waals surface area contributed by atoms with Crippen LogP contribution in [0.2, 0.25) is 0 Å². The number of piperidine rings is 1. The Balaban J connectivity index is 1.84. The van der Waals surface area contributed by atoms with Crippen LogP contribution in [-0.2, 0) is 6.54 Å². The molecule has 5 heteroatoms. The van der Waals surface area contributed by atoms with Gasteiger partial charge in [0.25, 0.3) is 0 Å². The third-order valence-corrected chi connectivity index (χ3v) is 3.60. The first-order valence-corrected chi connectivity index (χ1v) is 7.39. The zero-order valence-electron chi connectivity index (χ0n) is 12.4. The molecule has 19 heavy (non-hydrogen) atoms. The van der Waals surface area contributed by atoms with Gasteiger partial charge in [0, 0.05) is 19.5 Å². The quantitative estimate of drug-likeness (QED) is 0.853. The zero-order chi connectivity index (χ0) is 13.7. The Morgan fingerprint density at radius 1 is 1.42 bits per heavy atom. The highest BCUT2D eigenvalue weighted by atomic mass is 16.5. The van der Waals surface area contributed by atoms with Gasteiger partial charge in [0.2, 0.25) is 5.89 Å². The third-order valence-electron chi connectivity index (χ3n) is 3.60. The smallest absolute Gasteiger partial charge is 0.223 e. The maximum atomic E-state index is 5.05. The normalized spacial score (nSPS) is 21.2. The highest BCUT2D eigenvalue weighted by molar-refractivity contribution is 4.88. The van der Waals surface area contributed by atoms with Crippen molar-refractivity contribution in [3.63, 3.8) is 0 Å². The summed E-state index contributed by atoms with van der Waals surface area (Å²) in [6.45, 7) is 10.4. The van der Waals surface area contributed by atoms with Crippen molar-refractivity contribution in [2.24, 2.45) is 5.92 Å². The summed E-state index contributed by atoms with van der Waals surface area (Å²) in [7, 11) is 0. The Morgan fingerprint density at radius 3 is 2.95 bits per heavy atom. The van der Waals surface area contributed by atoms with Crippen LogP contribution >= 0.6 is 0 Å². The lowest BCUT2D eigenvalue weighted by Gasteiger charge is -2.35. The van der Waals surface area contributed by atoms with Crippen LogP contribution in [0.5, 0.6) is 0 Å². The molecule has 5 nitrogen and oxygen atoms in total. The van der Waals surface area contributed by atoms with E-state index in [2.05, 4.69) is 34.2 Å². The predicted octanol–water partition coefficient (Wildman–Crippen LogP) is 1.98. The van der Waals surface area contributed by atoms with Crippen LogP contribution in [0.15, 0.2) is 4.52 Å². The van der Waals surface area contributed by atoms with Gasteiger partial charge in [-0.15, -0.1) is 0 Å². The second-order valence-corrected chi connectivity index (χ2v) is 5.90. The van der Waals surface area contributed by atoms with Gasteiger partial charge in [-0.1, -0.05) is 25.4 Å². The number of aryl methyl sites for hydroxylation is 1. The van der Waals surface area contributed by atoms with E-state index in [1.807, 2.05) is 6.92 Å². The summed E-state index contributed by atoms with van der Waals surface area (Å²) in [4.78, 5) is 6.80. The molecule has 0 aromatic carbocycles. The molecule has 1 unspecified atom stereocenters. The van der Waals surface area contributed by atoms with Crippen LogP contribution in [-0.4, -0.2) is 40.7 Å². The molecule has 1 aliphatic heterocycles. The summed E-state index contributed by atoms with van der Waals surface area (Å²) in [6.07, 6.45) is 3.87. The molecule has 2 heterocycles. The summed E-state index contributed by atoms with van der Waals surface area (Å²) >= 11 is 0. The van der Waals surface area contributed by atoms with Gasteiger partial charge in [0.1, 0.15) is 0 Å². The molecular formula is C14H26N4O. The minimum absolute atomic E-state index is 0.603. The highest BCUT2D eigenvalue weighted by Gasteiger charge is 2.23. The van der Waals surface area contributed by atoms with Crippen molar-refractivity contribution in [2.45, 2.75) is 52.6 Å². The number of nitrogens with one attached hydrogen (secondary N) is 1. The molecule has 0 radical (unpaired) electrons. The standard InChI is InChI=1S/C14H26N4O/c1-11(2)8-15-9-13-6-4-5-7-18(13)10-14-16-12(3)19-17-14/h11,13,15H,4-10H2,1-3H3. The van der Waals surface area contributed by atoms with Gasteiger partial charge >= 0.3 is 0 Å². The van der Waals surface area contributed by atoms with E-state index in [4.69, 9.17) is 4.52 Å². The molecule has 2 rings (SSSR count). The predicted molar refractivity (Wildman–Crippen MR) is 74.8 cm³/mol. The Morgan fingerprint density at radius 2 is 2.26 bits per heavy atom. The van der Waals surface area contributed by atoms with Gasteiger partial charge < -0.3 is 9.84 Å². The molecule has 0 saturated carbocycles. The molecular weight excluding hydrogens is 240 g/mol. The lowest BCUT2D eigenvalue weighted by molar-refractivity contribution is 0.132. The minimum atomic E-state index is 0.603. The van der Waals surface area contributed by atoms with E-state index >= 15 is 0 Å². The molecule has 1 saturated heterocycles. The van der Waals surface area contributed by atoms with Crippen LogP contribution in [0, 0.1) is 12.8 Å². The van der Waals surface area contributed by atoms with Crippen LogP contribution < -0.4 is 5.32 Å². The fraction of sp³-hybridized carbons (Fsp3) is 0.857. The highest BCUT2D eigenvalue weighted by Crippen LogP contribution is 2.18. The Labute approximate surface area is 115 Å². The third kappa shape index (κ3) is 4.58. The average Bonchev–Trinajstić information content (AvgIpc) is 2.77. The van der Waals surface area contributed by atoms with E-state index < -0.39 is 0 Å². The monoisotopic (exact) mass is 266 g/mol. The molecule has 1 aromatic heterocycles. The summed E-state index contributed by atoms with van der Waals surface area (Å²) in [6, 6.07) is 0.603. The zero-order valence-corrected chi connectivity index (χ0v) is 12.4. The molecule has 1 N–H and O–H groups in total. The van der Waals surface area contributed by atoms with Crippen LogP contribution in [0.3, 0.4) is 0 Å². The largest absolute Gasteiger partial charge is 0.340 e. The van der Waals surface area contributed by atoms with Gasteiger partial charge in [-0.2, -0.15) is 4.98 Å². The van der Waals surface area contributed by atoms with Gasteiger partial charge in [0.15, 0.2) is 5.82 Å². The number of hydrogen-bond donors (Lipinski definition) is 1. The molecule has 1 fully saturated rings. The maximum absolute atomic E-state index is 5.05. The summed E-state index contributed by atoms with van der Waals surface area (Å²) < 4.78 is 5.05. The molecule has 0 amide bonds. The Kier molecular flexibility index (Phi) is 5.34. The first kappa shape index (κ1) is 14.5. The van der Waals surface area contributed by atoms with Gasteiger partial charge in [-0.25, -0.2) is 0 Å². The van der Waals surface area contributed by atoms with Gasteiger partial charge in [-0.3, -0.25) is 4.90 Å². The fourth-order valence-electron chi connectivity index (χ4n) is 2.63. The molecule has 0 bridgehead atoms. The van der Waals surface area contributed by atoms with E-state index in [1.165, 1.54) is 19.3 Å². The van der Waals surface area contributed by atoms with E-state index in [0.29, 0.717) is 17.9 Å². The van der Waals surface area contributed by atoms with Crippen molar-refractivity contribution in [3.05, 3.63) is 11.7 Å². The molecule has 108 valence electrons. The summed E-state index contributed by atoms with van der Waals surface area (Å²) in [5.74, 6) is 2.17. The van der Waals surface area contributed by atoms with Crippen molar-refractivity contribution in [2.75, 3.05) is 19.6 Å². The van der Waals surface area contributed by atoms with E-state index in [-0.39, 0.29) is 0 Å². The topological polar surface area (TPSA) is 54.2 Å². The molecule has 0 spiro atoms. The molecule has 1 aromatic rings. The van der Waals surface area contributed by atoms with Crippen molar-refractivity contribution in [1.82, 2.24) is 20.4 Å². The van der Waals surface area contributed by atoms with Crippen molar-refractivity contribution < 1.29 is 4.52 Å². The SMILES string of the molecule is Cc1nc(CN2CCCCC2CNCC(C)C)no1. The first-order valence-electron chi connectivity index (χ1n) is 7.39. The fourth-order valence-corrected chi connectivity index (χ4v) is 2.63. The van der Waals surface area contributed by atoms with Crippen molar-refractivity contribution in [3.8, 4) is 0 Å². The Bertz CT molecular complexity index is 377. The summed E-state index contributed by atoms with van der Waals surface area (Å²) in [5, 5.41) is 7.57. The molecule has 0 aliphatic carbocycles. The first-order chi connectivity index (χ1) is 9.15. The number of aromatic nitrogens is 2. The lowest BCUT2D eigenvalue weighted by Crippen LogP contribution is -2.45. The van der Waals surface area contributed by atoms with Gasteiger partial charge in [-0.05, 0) is 31.8 Å². The van der Waals surface area contributed by atoms with Crippen LogP contribution in [0.25, 0.3) is 0 Å². The second-order valence-electron chi connectivity index (χ2n) is 5.90. The van der Waals surface area contributed by atoms with E-state index in [9.17, 15) is 0 Å². The van der Waals surface area contributed by atoms with Crippen molar-refractivity contribution in [1.29, 1.82) is 0 Å². The van der Waals surface area contributed by atoms with Crippen molar-refractivity contribution >= 4 is 0 Å². The van der Waals surface area contributed by atoms with E-state index in [1.54, 1.807) is 0 Å². The average molecular weight is 266 g/mol. The van der Waals surface area contributed by atoms with E-state index in [0.717, 1.165) is 32.0 Å². The lowest BCUT2D eigenvalue weighted by atomic mass is 10.0. The minimum Gasteiger partial charge on any atom is -0.340 e. The van der Waals surface area contributed by atoms with Crippen LogP contribution in [0.1, 0.15) is 44.8 Å². The second kappa shape index (κ2) is 7.01. The molecule has 1 aliphatic rings. The number of hydrogen-bond acceptors (Lipinski definition) is 5. The number of rotatable bonds is 6. The van der Waals surface area contributed by atoms with Gasteiger partial charge in [0.05, 0.1) is 6.54 Å². The number of likely N-dealkylation sites (tertiary alicyclic amines) is 1. The Hall–Kier alpha value is -0.940. The molecule has 1 atom stereocenters.